The van der Waals surface area contributed by atoms with E-state index in [4.69, 9.17) is 9.84 Å². The number of nitrogens with one attached hydrogen (secondary N) is 2. The van der Waals surface area contributed by atoms with E-state index in [0.29, 0.717) is 6.61 Å². The lowest BCUT2D eigenvalue weighted by atomic mass is 9.88. The summed E-state index contributed by atoms with van der Waals surface area (Å²) in [5.74, 6) is -0.745. The largest absolute Gasteiger partial charge is 0.481 e. The van der Waals surface area contributed by atoms with Gasteiger partial charge in [-0.2, -0.15) is 0 Å². The minimum Gasteiger partial charge on any atom is -0.481 e. The van der Waals surface area contributed by atoms with Crippen LogP contribution in [0.2, 0.25) is 0 Å². The Balaban J connectivity index is 2.20. The summed E-state index contributed by atoms with van der Waals surface area (Å²) in [6, 6.07) is 0. The summed E-state index contributed by atoms with van der Waals surface area (Å²) in [5, 5.41) is 15.1. The zero-order chi connectivity index (χ0) is 10.4. The lowest BCUT2D eigenvalue weighted by Crippen LogP contribution is -2.68. The Kier molecular flexibility index (Phi) is 4.31. The molecule has 1 saturated heterocycles. The second-order valence-electron chi connectivity index (χ2n) is 3.73. The number of rotatable bonds is 7. The third-order valence-electron chi connectivity index (χ3n) is 2.44. The Morgan fingerprint density at radius 2 is 2.36 bits per heavy atom. The van der Waals surface area contributed by atoms with Crippen molar-refractivity contribution in [3.05, 3.63) is 0 Å². The summed E-state index contributed by atoms with van der Waals surface area (Å²) in [7, 11) is 1.66. The average molecular weight is 202 g/mol. The van der Waals surface area contributed by atoms with Crippen molar-refractivity contribution in [2.45, 2.75) is 18.4 Å². The topological polar surface area (TPSA) is 70.6 Å². The maximum absolute atomic E-state index is 10.6. The van der Waals surface area contributed by atoms with Gasteiger partial charge in [0.1, 0.15) is 0 Å². The molecule has 0 aromatic heterocycles. The first-order chi connectivity index (χ1) is 6.68. The first-order valence-corrected chi connectivity index (χ1v) is 4.85. The zero-order valence-electron chi connectivity index (χ0n) is 8.51. The third-order valence-corrected chi connectivity index (χ3v) is 2.44. The number of hydrogen-bond acceptors (Lipinski definition) is 4. The van der Waals surface area contributed by atoms with Crippen molar-refractivity contribution in [3.63, 3.8) is 0 Å². The molecule has 82 valence electrons. The fourth-order valence-corrected chi connectivity index (χ4v) is 1.60. The minimum atomic E-state index is -0.745. The fraction of sp³-hybridized carbons (Fsp3) is 0.889. The Hall–Kier alpha value is -0.650. The van der Waals surface area contributed by atoms with Gasteiger partial charge in [-0.25, -0.2) is 0 Å². The number of aliphatic carboxylic acids is 1. The van der Waals surface area contributed by atoms with Gasteiger partial charge in [0.15, 0.2) is 0 Å². The number of ether oxygens (including phenoxy) is 1. The molecule has 0 atom stereocenters. The van der Waals surface area contributed by atoms with Crippen LogP contribution >= 0.6 is 0 Å². The molecule has 1 aliphatic heterocycles. The van der Waals surface area contributed by atoms with Crippen LogP contribution in [0, 0.1) is 0 Å². The average Bonchev–Trinajstić information content (AvgIpc) is 2.07. The molecule has 14 heavy (non-hydrogen) atoms. The maximum atomic E-state index is 10.6. The molecular formula is C9H18N2O3. The van der Waals surface area contributed by atoms with E-state index in [1.54, 1.807) is 7.11 Å². The zero-order valence-corrected chi connectivity index (χ0v) is 8.51. The van der Waals surface area contributed by atoms with Crippen LogP contribution in [0.1, 0.15) is 12.8 Å². The van der Waals surface area contributed by atoms with E-state index >= 15 is 0 Å². The first kappa shape index (κ1) is 11.4. The highest BCUT2D eigenvalue weighted by atomic mass is 16.5. The molecule has 0 unspecified atom stereocenters. The van der Waals surface area contributed by atoms with Crippen molar-refractivity contribution in [1.29, 1.82) is 0 Å². The van der Waals surface area contributed by atoms with E-state index in [-0.39, 0.29) is 12.0 Å². The van der Waals surface area contributed by atoms with Crippen molar-refractivity contribution in [3.8, 4) is 0 Å². The first-order valence-electron chi connectivity index (χ1n) is 4.85. The molecular weight excluding hydrogens is 184 g/mol. The molecule has 5 heteroatoms. The molecule has 3 N–H and O–H groups in total. The van der Waals surface area contributed by atoms with E-state index < -0.39 is 5.97 Å². The Morgan fingerprint density at radius 3 is 2.79 bits per heavy atom. The Labute approximate surface area is 83.8 Å². The van der Waals surface area contributed by atoms with Crippen molar-refractivity contribution < 1.29 is 14.6 Å². The quantitative estimate of drug-likeness (QED) is 0.482. The molecule has 0 amide bonds. The molecule has 0 radical (unpaired) electrons. The van der Waals surface area contributed by atoms with E-state index in [9.17, 15) is 4.79 Å². The number of carbonyl (C=O) groups is 1. The molecule has 0 aliphatic carbocycles. The van der Waals surface area contributed by atoms with Crippen molar-refractivity contribution in [1.82, 2.24) is 10.6 Å². The predicted octanol–water partition coefficient (Wildman–Crippen LogP) is -0.571. The van der Waals surface area contributed by atoms with Gasteiger partial charge >= 0.3 is 5.97 Å². The molecule has 5 nitrogen and oxygen atoms in total. The third kappa shape index (κ3) is 3.25. The summed E-state index contributed by atoms with van der Waals surface area (Å²) in [6.07, 6.45) is 1.10. The molecule has 1 aliphatic rings. The van der Waals surface area contributed by atoms with Crippen molar-refractivity contribution in [2.75, 3.05) is 33.4 Å². The van der Waals surface area contributed by atoms with Crippen LogP contribution in [0.3, 0.4) is 0 Å². The second-order valence-corrected chi connectivity index (χ2v) is 3.73. The summed E-state index contributed by atoms with van der Waals surface area (Å²) in [5.41, 5.74) is -0.223. The molecule has 0 spiro atoms. The highest BCUT2D eigenvalue weighted by Gasteiger charge is 2.38. The van der Waals surface area contributed by atoms with Crippen molar-refractivity contribution >= 4 is 5.97 Å². The molecule has 0 aromatic carbocycles. The van der Waals surface area contributed by atoms with Gasteiger partial charge in [-0.15, -0.1) is 0 Å². The molecule has 0 aromatic rings. The van der Waals surface area contributed by atoms with Crippen LogP contribution in [-0.4, -0.2) is 50.0 Å². The SMILES string of the molecule is COCCCNC1(CC(=O)O)CNC1. The molecule has 1 rings (SSSR count). The Morgan fingerprint density at radius 1 is 1.64 bits per heavy atom. The van der Waals surface area contributed by atoms with E-state index in [1.165, 1.54) is 0 Å². The van der Waals surface area contributed by atoms with Gasteiger partial charge in [-0.05, 0) is 13.0 Å². The standard InChI is InChI=1S/C9H18N2O3/c1-14-4-2-3-11-9(5-8(12)13)6-10-7-9/h10-11H,2-7H2,1H3,(H,12,13). The summed E-state index contributed by atoms with van der Waals surface area (Å²) < 4.78 is 4.92. The monoisotopic (exact) mass is 202 g/mol. The number of methoxy groups -OCH3 is 1. The molecule has 0 bridgehead atoms. The number of carboxylic acids is 1. The van der Waals surface area contributed by atoms with Crippen LogP contribution in [0.15, 0.2) is 0 Å². The van der Waals surface area contributed by atoms with Crippen LogP contribution < -0.4 is 10.6 Å². The summed E-state index contributed by atoms with van der Waals surface area (Å²) >= 11 is 0. The summed E-state index contributed by atoms with van der Waals surface area (Å²) in [4.78, 5) is 10.6. The van der Waals surface area contributed by atoms with Gasteiger partial charge in [-0.1, -0.05) is 0 Å². The fourth-order valence-electron chi connectivity index (χ4n) is 1.60. The Bertz CT molecular complexity index is 192. The van der Waals surface area contributed by atoms with Gasteiger partial charge in [0.25, 0.3) is 0 Å². The molecule has 0 saturated carbocycles. The number of carboxylic acid groups (broad SMARTS) is 1. The maximum Gasteiger partial charge on any atom is 0.305 e. The normalized spacial score (nSPS) is 18.9. The van der Waals surface area contributed by atoms with Gasteiger partial charge in [0.05, 0.1) is 12.0 Å². The van der Waals surface area contributed by atoms with Gasteiger partial charge in [0, 0.05) is 26.8 Å². The molecule has 1 heterocycles. The van der Waals surface area contributed by atoms with Crippen LogP contribution in [-0.2, 0) is 9.53 Å². The molecule has 1 fully saturated rings. The highest BCUT2D eigenvalue weighted by molar-refractivity contribution is 5.68. The smallest absolute Gasteiger partial charge is 0.305 e. The van der Waals surface area contributed by atoms with Gasteiger partial charge in [0.2, 0.25) is 0 Å². The van der Waals surface area contributed by atoms with E-state index in [1.807, 2.05) is 0 Å². The van der Waals surface area contributed by atoms with E-state index in [2.05, 4.69) is 10.6 Å². The van der Waals surface area contributed by atoms with Crippen LogP contribution in [0.4, 0.5) is 0 Å². The van der Waals surface area contributed by atoms with Crippen molar-refractivity contribution in [2.24, 2.45) is 0 Å². The number of hydrogen-bond donors (Lipinski definition) is 3. The highest BCUT2D eigenvalue weighted by Crippen LogP contribution is 2.15. The van der Waals surface area contributed by atoms with Crippen LogP contribution in [0.5, 0.6) is 0 Å². The summed E-state index contributed by atoms with van der Waals surface area (Å²) in [6.45, 7) is 3.00. The predicted molar refractivity (Wildman–Crippen MR) is 52.3 cm³/mol. The van der Waals surface area contributed by atoms with Crippen LogP contribution in [0.25, 0.3) is 0 Å². The van der Waals surface area contributed by atoms with Gasteiger partial charge < -0.3 is 20.5 Å². The minimum absolute atomic E-state index is 0.187. The lowest BCUT2D eigenvalue weighted by Gasteiger charge is -2.42. The van der Waals surface area contributed by atoms with Gasteiger partial charge in [-0.3, -0.25) is 4.79 Å². The second kappa shape index (κ2) is 5.29. The lowest BCUT2D eigenvalue weighted by molar-refractivity contribution is -0.139. The van der Waals surface area contributed by atoms with E-state index in [0.717, 1.165) is 26.1 Å².